The zero-order chi connectivity index (χ0) is 11.5. The Bertz CT molecular complexity index is 445. The van der Waals surface area contributed by atoms with Crippen LogP contribution >= 0.6 is 0 Å². The number of aromatic nitrogens is 1. The van der Waals surface area contributed by atoms with Crippen molar-refractivity contribution in [2.24, 2.45) is 0 Å². The molecule has 5 heteroatoms. The van der Waals surface area contributed by atoms with Crippen LogP contribution in [0.3, 0.4) is 0 Å². The summed E-state index contributed by atoms with van der Waals surface area (Å²) in [4.78, 5) is 16.4. The van der Waals surface area contributed by atoms with Gasteiger partial charge in [0.05, 0.1) is 0 Å². The lowest BCUT2D eigenvalue weighted by Crippen LogP contribution is -2.31. The molecule has 84 valence electrons. The van der Waals surface area contributed by atoms with E-state index in [0.29, 0.717) is 25.1 Å². The molecule has 1 aliphatic rings. The van der Waals surface area contributed by atoms with Gasteiger partial charge >= 0.3 is 5.97 Å². The molecule has 0 radical (unpaired) electrons. The van der Waals surface area contributed by atoms with Gasteiger partial charge in [-0.15, -0.1) is 0 Å². The van der Waals surface area contributed by atoms with Gasteiger partial charge < -0.3 is 10.0 Å². The topological polar surface area (TPSA) is 53.4 Å². The Labute approximate surface area is 92.0 Å². The Balaban J connectivity index is 2.16. The Kier molecular flexibility index (Phi) is 2.85. The molecule has 0 amide bonds. The van der Waals surface area contributed by atoms with Gasteiger partial charge in [0, 0.05) is 24.9 Å². The lowest BCUT2D eigenvalue weighted by atomic mass is 10.1. The third-order valence-electron chi connectivity index (χ3n) is 2.52. The summed E-state index contributed by atoms with van der Waals surface area (Å²) in [6, 6.07) is 2.88. The number of anilines is 1. The molecule has 0 spiro atoms. The molecule has 0 saturated heterocycles. The molecule has 1 aromatic heterocycles. The Hall–Kier alpha value is -1.91. The molecule has 16 heavy (non-hydrogen) atoms. The predicted molar refractivity (Wildman–Crippen MR) is 56.7 cm³/mol. The van der Waals surface area contributed by atoms with E-state index in [0.717, 1.165) is 0 Å². The number of halogens is 1. The first-order valence-electron chi connectivity index (χ1n) is 4.96. The van der Waals surface area contributed by atoms with E-state index in [2.05, 4.69) is 4.98 Å². The van der Waals surface area contributed by atoms with Crippen LogP contribution in [0.2, 0.25) is 0 Å². The van der Waals surface area contributed by atoms with Gasteiger partial charge in [0.1, 0.15) is 0 Å². The third kappa shape index (κ3) is 2.03. The van der Waals surface area contributed by atoms with Crippen LogP contribution in [0.1, 0.15) is 6.42 Å². The Morgan fingerprint density at radius 3 is 2.94 bits per heavy atom. The van der Waals surface area contributed by atoms with Gasteiger partial charge in [0.15, 0.2) is 11.6 Å². The summed E-state index contributed by atoms with van der Waals surface area (Å²) >= 11 is 0. The van der Waals surface area contributed by atoms with E-state index in [-0.39, 0.29) is 11.6 Å². The SMILES string of the molecule is O=C(O)C1=CCN(c2ncccc2F)CC1. The van der Waals surface area contributed by atoms with E-state index in [1.54, 1.807) is 11.0 Å². The molecule has 0 bridgehead atoms. The molecule has 1 N–H and O–H groups in total. The third-order valence-corrected chi connectivity index (χ3v) is 2.52. The number of carboxylic acids is 1. The number of carboxylic acid groups (broad SMARTS) is 1. The number of rotatable bonds is 2. The van der Waals surface area contributed by atoms with Crippen molar-refractivity contribution in [2.75, 3.05) is 18.0 Å². The molecule has 0 saturated carbocycles. The quantitative estimate of drug-likeness (QED) is 0.822. The van der Waals surface area contributed by atoms with Gasteiger partial charge in [-0.1, -0.05) is 6.08 Å². The second-order valence-corrected chi connectivity index (χ2v) is 3.54. The minimum absolute atomic E-state index is 0.281. The fourth-order valence-electron chi connectivity index (χ4n) is 1.67. The number of pyridine rings is 1. The number of carbonyl (C=O) groups is 1. The molecular weight excluding hydrogens is 211 g/mol. The van der Waals surface area contributed by atoms with Crippen LogP contribution in [0.4, 0.5) is 10.2 Å². The maximum absolute atomic E-state index is 13.4. The van der Waals surface area contributed by atoms with Gasteiger partial charge in [-0.05, 0) is 18.6 Å². The standard InChI is InChI=1S/C11H11FN2O2/c12-9-2-1-5-13-10(9)14-6-3-8(4-7-14)11(15)16/h1-3,5H,4,6-7H2,(H,15,16). The van der Waals surface area contributed by atoms with Crippen molar-refractivity contribution in [3.63, 3.8) is 0 Å². The maximum atomic E-state index is 13.4. The highest BCUT2D eigenvalue weighted by molar-refractivity contribution is 5.87. The average molecular weight is 222 g/mol. The number of aliphatic carboxylic acids is 1. The first kappa shape index (κ1) is 10.6. The highest BCUT2D eigenvalue weighted by Crippen LogP contribution is 2.20. The van der Waals surface area contributed by atoms with Crippen molar-refractivity contribution >= 4 is 11.8 Å². The summed E-state index contributed by atoms with van der Waals surface area (Å²) < 4.78 is 13.4. The maximum Gasteiger partial charge on any atom is 0.331 e. The van der Waals surface area contributed by atoms with Gasteiger partial charge in [0.25, 0.3) is 0 Å². The van der Waals surface area contributed by atoms with E-state index in [1.165, 1.54) is 18.3 Å². The summed E-state index contributed by atoms with van der Waals surface area (Å²) in [5.74, 6) is -1.00. The second-order valence-electron chi connectivity index (χ2n) is 3.54. The monoisotopic (exact) mass is 222 g/mol. The summed E-state index contributed by atoms with van der Waals surface area (Å²) in [7, 11) is 0. The van der Waals surface area contributed by atoms with Crippen molar-refractivity contribution in [1.29, 1.82) is 0 Å². The molecule has 1 aromatic rings. The van der Waals surface area contributed by atoms with Crippen LogP contribution in [0.25, 0.3) is 0 Å². The molecule has 2 rings (SSSR count). The van der Waals surface area contributed by atoms with Crippen molar-refractivity contribution in [3.05, 3.63) is 35.8 Å². The minimum Gasteiger partial charge on any atom is -0.478 e. The lowest BCUT2D eigenvalue weighted by Gasteiger charge is -2.26. The van der Waals surface area contributed by atoms with Crippen molar-refractivity contribution in [1.82, 2.24) is 4.98 Å². The van der Waals surface area contributed by atoms with Crippen LogP contribution in [-0.2, 0) is 4.79 Å². The first-order chi connectivity index (χ1) is 7.68. The molecule has 0 aromatic carbocycles. The predicted octanol–water partition coefficient (Wildman–Crippen LogP) is 1.44. The number of hydrogen-bond donors (Lipinski definition) is 1. The Morgan fingerprint density at radius 2 is 2.38 bits per heavy atom. The van der Waals surface area contributed by atoms with Gasteiger partial charge in [-0.3, -0.25) is 0 Å². The van der Waals surface area contributed by atoms with Crippen molar-refractivity contribution in [2.45, 2.75) is 6.42 Å². The molecule has 2 heterocycles. The van der Waals surface area contributed by atoms with Gasteiger partial charge in [-0.25, -0.2) is 14.2 Å². The van der Waals surface area contributed by atoms with E-state index in [4.69, 9.17) is 5.11 Å². The van der Waals surface area contributed by atoms with E-state index in [9.17, 15) is 9.18 Å². The Morgan fingerprint density at radius 1 is 1.56 bits per heavy atom. The van der Waals surface area contributed by atoms with Crippen LogP contribution in [-0.4, -0.2) is 29.1 Å². The normalized spacial score (nSPS) is 15.8. The van der Waals surface area contributed by atoms with Crippen LogP contribution in [0.5, 0.6) is 0 Å². The smallest absolute Gasteiger partial charge is 0.331 e. The number of nitrogens with zero attached hydrogens (tertiary/aromatic N) is 2. The summed E-state index contributed by atoms with van der Waals surface area (Å²) in [6.45, 7) is 0.863. The molecule has 0 atom stereocenters. The molecule has 4 nitrogen and oxygen atoms in total. The average Bonchev–Trinajstić information content (AvgIpc) is 2.30. The van der Waals surface area contributed by atoms with Crippen molar-refractivity contribution in [3.8, 4) is 0 Å². The van der Waals surface area contributed by atoms with E-state index in [1.807, 2.05) is 0 Å². The zero-order valence-electron chi connectivity index (χ0n) is 8.56. The van der Waals surface area contributed by atoms with Gasteiger partial charge in [0.2, 0.25) is 0 Å². The van der Waals surface area contributed by atoms with E-state index >= 15 is 0 Å². The highest BCUT2D eigenvalue weighted by Gasteiger charge is 2.18. The molecular formula is C11H11FN2O2. The fraction of sp³-hybridized carbons (Fsp3) is 0.273. The molecule has 1 aliphatic heterocycles. The summed E-state index contributed by atoms with van der Waals surface area (Å²) in [6.07, 6.45) is 3.53. The fourth-order valence-corrected chi connectivity index (χ4v) is 1.67. The second kappa shape index (κ2) is 4.30. The van der Waals surface area contributed by atoms with Crippen LogP contribution < -0.4 is 4.90 Å². The molecule has 0 fully saturated rings. The largest absolute Gasteiger partial charge is 0.478 e. The summed E-state index contributed by atoms with van der Waals surface area (Å²) in [5.41, 5.74) is 0.382. The van der Waals surface area contributed by atoms with Gasteiger partial charge in [-0.2, -0.15) is 0 Å². The molecule has 0 aliphatic carbocycles. The molecule has 0 unspecified atom stereocenters. The van der Waals surface area contributed by atoms with Crippen LogP contribution in [0, 0.1) is 5.82 Å². The minimum atomic E-state index is -0.902. The van der Waals surface area contributed by atoms with E-state index < -0.39 is 5.97 Å². The lowest BCUT2D eigenvalue weighted by molar-refractivity contribution is -0.132. The van der Waals surface area contributed by atoms with Crippen molar-refractivity contribution < 1.29 is 14.3 Å². The van der Waals surface area contributed by atoms with Crippen LogP contribution in [0.15, 0.2) is 30.0 Å². The summed E-state index contributed by atoms with van der Waals surface area (Å²) in [5, 5.41) is 8.77. The highest BCUT2D eigenvalue weighted by atomic mass is 19.1. The zero-order valence-corrected chi connectivity index (χ0v) is 8.56. The first-order valence-corrected chi connectivity index (χ1v) is 4.96. The number of hydrogen-bond acceptors (Lipinski definition) is 3.